The first kappa shape index (κ1) is 16.5. The number of hydrogen-bond acceptors (Lipinski definition) is 3. The molecule has 0 unspecified atom stereocenters. The molecule has 0 aliphatic heterocycles. The molecule has 4 nitrogen and oxygen atoms in total. The third kappa shape index (κ3) is 3.57. The van der Waals surface area contributed by atoms with Crippen LogP contribution in [0.3, 0.4) is 0 Å². The number of aromatic nitrogens is 2. The summed E-state index contributed by atoms with van der Waals surface area (Å²) in [5.74, 6) is 0. The molecule has 0 radical (unpaired) electrons. The summed E-state index contributed by atoms with van der Waals surface area (Å²) in [6, 6.07) is 10.7. The number of aromatic amines is 1. The van der Waals surface area contributed by atoms with Crippen molar-refractivity contribution in [3.05, 3.63) is 63.5 Å². The topological polar surface area (TPSA) is 45.4 Å². The maximum atomic E-state index is 4.70. The Balaban J connectivity index is 2.12. The molecule has 24 heavy (non-hydrogen) atoms. The largest absolute Gasteiger partial charge is 0.360 e. The van der Waals surface area contributed by atoms with Crippen molar-refractivity contribution in [2.75, 3.05) is 0 Å². The van der Waals surface area contributed by atoms with Gasteiger partial charge in [-0.25, -0.2) is 4.68 Å². The summed E-state index contributed by atoms with van der Waals surface area (Å²) in [7, 11) is 0. The van der Waals surface area contributed by atoms with Crippen molar-refractivity contribution in [2.24, 2.45) is 10.1 Å². The number of H-pyrrole nitrogens is 1. The summed E-state index contributed by atoms with van der Waals surface area (Å²) >= 11 is 1.62. The van der Waals surface area contributed by atoms with Crippen LogP contribution in [0.25, 0.3) is 11.3 Å². The van der Waals surface area contributed by atoms with E-state index in [9.17, 15) is 0 Å². The highest BCUT2D eigenvalue weighted by atomic mass is 32.1. The highest BCUT2D eigenvalue weighted by molar-refractivity contribution is 7.07. The minimum atomic E-state index is 0.225. The monoisotopic (exact) mass is 338 g/mol. The predicted octanol–water partition coefficient (Wildman–Crippen LogP) is 4.35. The molecule has 3 rings (SSSR count). The molecule has 124 valence electrons. The van der Waals surface area contributed by atoms with Gasteiger partial charge in [0, 0.05) is 23.2 Å². The third-order valence-electron chi connectivity index (χ3n) is 3.79. The molecular weight excluding hydrogens is 316 g/mol. The van der Waals surface area contributed by atoms with Crippen LogP contribution in [0.4, 0.5) is 0 Å². The highest BCUT2D eigenvalue weighted by Gasteiger charge is 2.09. The van der Waals surface area contributed by atoms with E-state index in [1.165, 1.54) is 11.1 Å². The average Bonchev–Trinajstić information content (AvgIpc) is 3.17. The fraction of sp³-hybridized carbons (Fsp3) is 0.263. The minimum absolute atomic E-state index is 0.225. The van der Waals surface area contributed by atoms with E-state index in [-0.39, 0.29) is 6.04 Å². The van der Waals surface area contributed by atoms with Crippen molar-refractivity contribution in [1.82, 2.24) is 9.66 Å². The van der Waals surface area contributed by atoms with Crippen LogP contribution in [-0.4, -0.2) is 21.9 Å². The van der Waals surface area contributed by atoms with E-state index < -0.39 is 0 Å². The maximum absolute atomic E-state index is 4.70. The van der Waals surface area contributed by atoms with Gasteiger partial charge in [-0.2, -0.15) is 5.10 Å². The van der Waals surface area contributed by atoms with E-state index >= 15 is 0 Å². The summed E-state index contributed by atoms with van der Waals surface area (Å²) in [4.78, 5) is 8.75. The van der Waals surface area contributed by atoms with Gasteiger partial charge in [-0.15, -0.1) is 11.3 Å². The standard InChI is InChI=1S/C19H22N4S/c1-13(2)22-19-23(21-11-17-6-5-9-20-17)18(12-24-19)16-8-7-14(3)15(4)10-16/h5-13,20H,1-4H3. The van der Waals surface area contributed by atoms with Gasteiger partial charge in [0.2, 0.25) is 4.80 Å². The van der Waals surface area contributed by atoms with E-state index in [4.69, 9.17) is 4.99 Å². The second kappa shape index (κ2) is 7.01. The smallest absolute Gasteiger partial charge is 0.206 e. The van der Waals surface area contributed by atoms with Crippen molar-refractivity contribution in [3.63, 3.8) is 0 Å². The predicted molar refractivity (Wildman–Crippen MR) is 102 cm³/mol. The van der Waals surface area contributed by atoms with Crippen LogP contribution in [0.2, 0.25) is 0 Å². The Kier molecular flexibility index (Phi) is 4.81. The van der Waals surface area contributed by atoms with Gasteiger partial charge in [-0.1, -0.05) is 12.1 Å². The first-order chi connectivity index (χ1) is 11.5. The second-order valence-corrected chi connectivity index (χ2v) is 6.94. The Hall–Kier alpha value is -2.40. The van der Waals surface area contributed by atoms with Crippen LogP contribution in [0.5, 0.6) is 0 Å². The number of hydrogen-bond donors (Lipinski definition) is 1. The molecule has 2 heterocycles. The molecule has 3 aromatic rings. The molecular formula is C19H22N4S. The molecule has 1 aromatic carbocycles. The fourth-order valence-electron chi connectivity index (χ4n) is 2.36. The fourth-order valence-corrected chi connectivity index (χ4v) is 3.33. The van der Waals surface area contributed by atoms with Gasteiger partial charge in [0.15, 0.2) is 0 Å². The lowest BCUT2D eigenvalue weighted by atomic mass is 10.1. The Labute approximate surface area is 146 Å². The summed E-state index contributed by atoms with van der Waals surface area (Å²) in [5.41, 5.74) is 5.76. The van der Waals surface area contributed by atoms with Gasteiger partial charge in [0.25, 0.3) is 0 Å². The van der Waals surface area contributed by atoms with E-state index in [0.29, 0.717) is 0 Å². The zero-order valence-corrected chi connectivity index (χ0v) is 15.3. The summed E-state index contributed by atoms with van der Waals surface area (Å²) in [6.45, 7) is 8.42. The lowest BCUT2D eigenvalue weighted by Gasteiger charge is -2.06. The SMILES string of the molecule is Cc1ccc(-c2csc(=NC(C)C)n2N=Cc2ccc[nH]2)cc1C. The van der Waals surface area contributed by atoms with Crippen LogP contribution < -0.4 is 4.80 Å². The van der Waals surface area contributed by atoms with Gasteiger partial charge < -0.3 is 4.98 Å². The molecule has 0 amide bonds. The minimum Gasteiger partial charge on any atom is -0.360 e. The van der Waals surface area contributed by atoms with Crippen molar-refractivity contribution in [1.29, 1.82) is 0 Å². The van der Waals surface area contributed by atoms with Crippen molar-refractivity contribution in [3.8, 4) is 11.3 Å². The molecule has 0 saturated carbocycles. The maximum Gasteiger partial charge on any atom is 0.206 e. The van der Waals surface area contributed by atoms with E-state index in [0.717, 1.165) is 21.8 Å². The molecule has 0 bridgehead atoms. The number of thiazole rings is 1. The molecule has 0 aliphatic rings. The summed E-state index contributed by atoms with van der Waals surface area (Å²) in [6.07, 6.45) is 3.72. The Morgan fingerprint density at radius 3 is 2.67 bits per heavy atom. The van der Waals surface area contributed by atoms with E-state index in [1.807, 2.05) is 29.2 Å². The molecule has 0 saturated heterocycles. The van der Waals surface area contributed by atoms with Crippen LogP contribution in [-0.2, 0) is 0 Å². The highest BCUT2D eigenvalue weighted by Crippen LogP contribution is 2.23. The molecule has 1 N–H and O–H groups in total. The molecule has 0 atom stereocenters. The van der Waals surface area contributed by atoms with Crippen LogP contribution in [0, 0.1) is 13.8 Å². The first-order valence-electron chi connectivity index (χ1n) is 8.04. The number of aryl methyl sites for hydroxylation is 2. The zero-order chi connectivity index (χ0) is 17.1. The lowest BCUT2D eigenvalue weighted by molar-refractivity contribution is 0.754. The number of rotatable bonds is 4. The number of nitrogens with one attached hydrogen (secondary N) is 1. The molecule has 0 fully saturated rings. The number of nitrogens with zero attached hydrogens (tertiary/aromatic N) is 3. The third-order valence-corrected chi connectivity index (χ3v) is 4.62. The van der Waals surface area contributed by atoms with Crippen LogP contribution in [0.15, 0.2) is 52.0 Å². The van der Waals surface area contributed by atoms with Crippen molar-refractivity contribution in [2.45, 2.75) is 33.7 Å². The van der Waals surface area contributed by atoms with Gasteiger partial charge in [-0.05, 0) is 57.0 Å². The Bertz CT molecular complexity index is 911. The normalized spacial score (nSPS) is 12.6. The van der Waals surface area contributed by atoms with E-state index in [2.05, 4.69) is 61.4 Å². The van der Waals surface area contributed by atoms with Gasteiger partial charge in [-0.3, -0.25) is 4.99 Å². The lowest BCUT2D eigenvalue weighted by Crippen LogP contribution is -2.14. The molecule has 5 heteroatoms. The molecule has 0 aliphatic carbocycles. The van der Waals surface area contributed by atoms with Crippen molar-refractivity contribution < 1.29 is 0 Å². The van der Waals surface area contributed by atoms with Crippen molar-refractivity contribution >= 4 is 17.6 Å². The van der Waals surface area contributed by atoms with Crippen LogP contribution >= 0.6 is 11.3 Å². The quantitative estimate of drug-likeness (QED) is 0.687. The van der Waals surface area contributed by atoms with Crippen LogP contribution in [0.1, 0.15) is 30.7 Å². The first-order valence-corrected chi connectivity index (χ1v) is 8.92. The Morgan fingerprint density at radius 1 is 1.17 bits per heavy atom. The Morgan fingerprint density at radius 2 is 2.00 bits per heavy atom. The number of benzene rings is 1. The van der Waals surface area contributed by atoms with Gasteiger partial charge in [0.05, 0.1) is 17.6 Å². The molecule has 0 spiro atoms. The zero-order valence-electron chi connectivity index (χ0n) is 14.4. The summed E-state index contributed by atoms with van der Waals surface area (Å²) in [5, 5.41) is 6.79. The van der Waals surface area contributed by atoms with Gasteiger partial charge >= 0.3 is 0 Å². The summed E-state index contributed by atoms with van der Waals surface area (Å²) < 4.78 is 1.93. The van der Waals surface area contributed by atoms with Gasteiger partial charge in [0.1, 0.15) is 0 Å². The van der Waals surface area contributed by atoms with E-state index in [1.54, 1.807) is 11.3 Å². The average molecular weight is 338 g/mol. The molecule has 2 aromatic heterocycles. The second-order valence-electron chi connectivity index (χ2n) is 6.11.